The van der Waals surface area contributed by atoms with E-state index in [4.69, 9.17) is 0 Å². The molecule has 1 aliphatic carbocycles. The van der Waals surface area contributed by atoms with Crippen molar-refractivity contribution >= 4 is 21.5 Å². The molecule has 0 aromatic carbocycles. The van der Waals surface area contributed by atoms with Crippen LogP contribution < -0.4 is 10.0 Å². The minimum Gasteiger partial charge on any atom is -0.368 e. The molecule has 21 heavy (non-hydrogen) atoms. The van der Waals surface area contributed by atoms with Crippen LogP contribution in [0.25, 0.3) is 5.65 Å². The van der Waals surface area contributed by atoms with Crippen LogP contribution in [-0.4, -0.2) is 30.4 Å². The van der Waals surface area contributed by atoms with E-state index in [1.165, 1.54) is 0 Å². The molecule has 1 atom stereocenters. The van der Waals surface area contributed by atoms with Crippen LogP contribution in [0, 0.1) is 5.41 Å². The number of anilines is 1. The van der Waals surface area contributed by atoms with Gasteiger partial charge in [-0.2, -0.15) is 0 Å². The van der Waals surface area contributed by atoms with Gasteiger partial charge >= 0.3 is 0 Å². The average molecular weight is 308 g/mol. The zero-order valence-electron chi connectivity index (χ0n) is 12.4. The van der Waals surface area contributed by atoms with Crippen LogP contribution in [0.4, 0.5) is 5.82 Å². The normalized spacial score (nSPS) is 20.6. The van der Waals surface area contributed by atoms with Crippen LogP contribution in [-0.2, 0) is 10.0 Å². The number of nitrogens with zero attached hydrogens (tertiary/aromatic N) is 2. The van der Waals surface area contributed by atoms with E-state index in [2.05, 4.69) is 28.9 Å². The van der Waals surface area contributed by atoms with Crippen molar-refractivity contribution in [3.05, 3.63) is 24.4 Å². The van der Waals surface area contributed by atoms with Gasteiger partial charge < -0.3 is 5.32 Å². The lowest BCUT2D eigenvalue weighted by Gasteiger charge is -2.10. The number of hydrogen-bond donors (Lipinski definition) is 2. The largest absolute Gasteiger partial charge is 0.368 e. The summed E-state index contributed by atoms with van der Waals surface area (Å²) >= 11 is 0. The van der Waals surface area contributed by atoms with Gasteiger partial charge in [-0.15, -0.1) is 0 Å². The van der Waals surface area contributed by atoms with Crippen LogP contribution in [0.1, 0.15) is 27.2 Å². The van der Waals surface area contributed by atoms with Gasteiger partial charge in [-0.1, -0.05) is 19.9 Å². The molecule has 0 bridgehead atoms. The molecule has 2 aromatic heterocycles. The quantitative estimate of drug-likeness (QED) is 0.884. The Morgan fingerprint density at radius 2 is 2.14 bits per heavy atom. The molecule has 1 fully saturated rings. The summed E-state index contributed by atoms with van der Waals surface area (Å²) in [5.74, 6) is 0.398. The van der Waals surface area contributed by atoms with E-state index >= 15 is 0 Å². The molecule has 0 spiro atoms. The first-order chi connectivity index (χ1) is 9.85. The Morgan fingerprint density at radius 1 is 1.43 bits per heavy atom. The predicted octanol–water partition coefficient (Wildman–Crippen LogP) is 1.84. The Morgan fingerprint density at radius 3 is 2.76 bits per heavy atom. The first kappa shape index (κ1) is 14.3. The van der Waals surface area contributed by atoms with Crippen LogP contribution in [0.2, 0.25) is 0 Å². The third-order valence-electron chi connectivity index (χ3n) is 3.90. The number of sulfonamides is 1. The second-order valence-corrected chi connectivity index (χ2v) is 7.72. The second-order valence-electron chi connectivity index (χ2n) is 6.09. The Balaban J connectivity index is 2.07. The summed E-state index contributed by atoms with van der Waals surface area (Å²) < 4.78 is 29.9. The molecule has 2 aromatic rings. The van der Waals surface area contributed by atoms with Crippen molar-refractivity contribution in [1.29, 1.82) is 0 Å². The molecular weight excluding hydrogens is 288 g/mol. The lowest BCUT2D eigenvalue weighted by Crippen LogP contribution is -2.30. The molecule has 1 saturated carbocycles. The molecule has 0 radical (unpaired) electrons. The Hall–Kier alpha value is -1.60. The van der Waals surface area contributed by atoms with Crippen LogP contribution in [0.5, 0.6) is 0 Å². The van der Waals surface area contributed by atoms with Crippen molar-refractivity contribution in [2.45, 2.75) is 38.3 Å². The Labute approximate surface area is 124 Å². The van der Waals surface area contributed by atoms with E-state index in [-0.39, 0.29) is 16.5 Å². The van der Waals surface area contributed by atoms with E-state index < -0.39 is 10.0 Å². The minimum absolute atomic E-state index is 0.00811. The molecule has 6 nitrogen and oxygen atoms in total. The van der Waals surface area contributed by atoms with Crippen LogP contribution in [0.3, 0.4) is 0 Å². The van der Waals surface area contributed by atoms with Crippen molar-refractivity contribution in [2.75, 3.05) is 11.9 Å². The number of fused-ring (bicyclic) bond motifs is 1. The molecular formula is C14H20N4O2S. The number of aromatic nitrogens is 2. The third-order valence-corrected chi connectivity index (χ3v) is 5.39. The van der Waals surface area contributed by atoms with Crippen LogP contribution in [0.15, 0.2) is 29.4 Å². The molecule has 0 aliphatic heterocycles. The van der Waals surface area contributed by atoms with Crippen molar-refractivity contribution in [1.82, 2.24) is 14.1 Å². The fourth-order valence-corrected chi connectivity index (χ4v) is 4.10. The summed E-state index contributed by atoms with van der Waals surface area (Å²) in [6, 6.07) is 5.42. The van der Waals surface area contributed by atoms with Gasteiger partial charge in [0.2, 0.25) is 0 Å². The molecule has 1 unspecified atom stereocenters. The van der Waals surface area contributed by atoms with E-state index in [9.17, 15) is 8.42 Å². The van der Waals surface area contributed by atoms with Crippen molar-refractivity contribution in [2.24, 2.45) is 5.41 Å². The van der Waals surface area contributed by atoms with Crippen molar-refractivity contribution in [3.63, 3.8) is 0 Å². The smallest absolute Gasteiger partial charge is 0.260 e. The Bertz CT molecular complexity index is 779. The lowest BCUT2D eigenvalue weighted by atomic mass is 10.2. The highest BCUT2D eigenvalue weighted by Gasteiger charge is 2.48. The highest BCUT2D eigenvalue weighted by atomic mass is 32.2. The van der Waals surface area contributed by atoms with Crippen LogP contribution >= 0.6 is 0 Å². The maximum absolute atomic E-state index is 12.7. The van der Waals surface area contributed by atoms with Gasteiger partial charge in [0, 0.05) is 18.8 Å². The summed E-state index contributed by atoms with van der Waals surface area (Å²) in [6.07, 6.45) is 2.58. The standard InChI is InChI=1S/C14H20N4O2S/c1-4-15-12-13(18-8-6-5-7-11(18)16-12)21(19,20)17-10-9-14(10,2)3/h5-8,10,15,17H,4,9H2,1-3H3. The predicted molar refractivity (Wildman–Crippen MR) is 81.9 cm³/mol. The number of pyridine rings is 1. The fourth-order valence-electron chi connectivity index (χ4n) is 2.42. The summed E-state index contributed by atoms with van der Waals surface area (Å²) in [5, 5.41) is 3.22. The molecule has 3 rings (SSSR count). The monoisotopic (exact) mass is 308 g/mol. The Kier molecular flexibility index (Phi) is 3.22. The van der Waals surface area contributed by atoms with Crippen molar-refractivity contribution < 1.29 is 8.42 Å². The summed E-state index contributed by atoms with van der Waals surface area (Å²) in [4.78, 5) is 4.37. The van der Waals surface area contributed by atoms with Gasteiger partial charge in [-0.05, 0) is 30.9 Å². The minimum atomic E-state index is -3.62. The summed E-state index contributed by atoms with van der Waals surface area (Å²) in [6.45, 7) is 6.64. The topological polar surface area (TPSA) is 75.5 Å². The lowest BCUT2D eigenvalue weighted by molar-refractivity contribution is 0.551. The number of rotatable bonds is 5. The van der Waals surface area contributed by atoms with Gasteiger partial charge in [0.1, 0.15) is 5.65 Å². The third kappa shape index (κ3) is 2.51. The van der Waals surface area contributed by atoms with Gasteiger partial charge in [-0.3, -0.25) is 4.40 Å². The fraction of sp³-hybridized carbons (Fsp3) is 0.500. The zero-order chi connectivity index (χ0) is 15.3. The van der Waals surface area contributed by atoms with Gasteiger partial charge in [0.15, 0.2) is 10.8 Å². The van der Waals surface area contributed by atoms with E-state index in [0.29, 0.717) is 18.0 Å². The average Bonchev–Trinajstić information content (AvgIpc) is 2.84. The SMILES string of the molecule is CCNc1nc2ccccn2c1S(=O)(=O)NC1CC1(C)C. The molecule has 2 heterocycles. The summed E-state index contributed by atoms with van der Waals surface area (Å²) in [5.41, 5.74) is 0.648. The van der Waals surface area contributed by atoms with Gasteiger partial charge in [0.25, 0.3) is 10.0 Å². The maximum atomic E-state index is 12.7. The van der Waals surface area contributed by atoms with Gasteiger partial charge in [0.05, 0.1) is 0 Å². The second kappa shape index (κ2) is 4.71. The number of imidazole rings is 1. The summed E-state index contributed by atoms with van der Waals surface area (Å²) in [7, 11) is -3.62. The molecule has 114 valence electrons. The maximum Gasteiger partial charge on any atom is 0.260 e. The number of hydrogen-bond acceptors (Lipinski definition) is 4. The zero-order valence-corrected chi connectivity index (χ0v) is 13.2. The molecule has 0 amide bonds. The van der Waals surface area contributed by atoms with E-state index in [1.807, 2.05) is 13.0 Å². The van der Waals surface area contributed by atoms with E-state index in [1.54, 1.807) is 22.7 Å². The van der Waals surface area contributed by atoms with Gasteiger partial charge in [-0.25, -0.2) is 18.1 Å². The number of nitrogens with one attached hydrogen (secondary N) is 2. The molecule has 2 N–H and O–H groups in total. The highest BCUT2D eigenvalue weighted by Crippen LogP contribution is 2.45. The molecule has 1 aliphatic rings. The van der Waals surface area contributed by atoms with Crippen molar-refractivity contribution in [3.8, 4) is 0 Å². The molecule has 7 heteroatoms. The molecule has 0 saturated heterocycles. The highest BCUT2D eigenvalue weighted by molar-refractivity contribution is 7.89. The van der Waals surface area contributed by atoms with E-state index in [0.717, 1.165) is 6.42 Å². The first-order valence-corrected chi connectivity index (χ1v) is 8.57. The first-order valence-electron chi connectivity index (χ1n) is 7.08.